The van der Waals surface area contributed by atoms with Crippen molar-refractivity contribution in [3.05, 3.63) is 51.7 Å². The average Bonchev–Trinajstić information content (AvgIpc) is 2.56. The highest BCUT2D eigenvalue weighted by molar-refractivity contribution is 8.18. The van der Waals surface area contributed by atoms with Crippen molar-refractivity contribution < 1.29 is 4.42 Å². The molecular weight excluding hydrogens is 314 g/mol. The van der Waals surface area contributed by atoms with E-state index >= 15 is 0 Å². The van der Waals surface area contributed by atoms with Gasteiger partial charge >= 0.3 is 5.63 Å². The molecule has 22 heavy (non-hydrogen) atoms. The Morgan fingerprint density at radius 2 is 2.09 bits per heavy atom. The van der Waals surface area contributed by atoms with E-state index < -0.39 is 0 Å². The van der Waals surface area contributed by atoms with Crippen molar-refractivity contribution in [2.45, 2.75) is 18.4 Å². The molecule has 0 amide bonds. The summed E-state index contributed by atoms with van der Waals surface area (Å²) in [5.41, 5.74) is 2.30. The van der Waals surface area contributed by atoms with Gasteiger partial charge in [0.2, 0.25) is 0 Å². The molecular formula is C17H19NO2S2. The fraction of sp³-hybridized carbons (Fsp3) is 0.353. The molecule has 116 valence electrons. The van der Waals surface area contributed by atoms with E-state index in [9.17, 15) is 4.79 Å². The van der Waals surface area contributed by atoms with Gasteiger partial charge in [0.25, 0.3) is 0 Å². The summed E-state index contributed by atoms with van der Waals surface area (Å²) in [6, 6.07) is 8.09. The lowest BCUT2D eigenvalue weighted by Gasteiger charge is -2.21. The molecule has 1 aromatic heterocycles. The van der Waals surface area contributed by atoms with Gasteiger partial charge in [-0.15, -0.1) is 23.5 Å². The standard InChI is InChI=1S/C17H19NO2S2/c1-3-18(4-2)13-7-6-12-10-14(16(19)20-15(12)11-13)17-21-8-5-9-22-17/h5-8,10-11,17H,3-4,9H2,1-2H3. The summed E-state index contributed by atoms with van der Waals surface area (Å²) in [5, 5.41) is 3.05. The number of nitrogens with zero attached hydrogens (tertiary/aromatic N) is 1. The van der Waals surface area contributed by atoms with E-state index in [-0.39, 0.29) is 10.2 Å². The minimum absolute atomic E-state index is 0.133. The maximum atomic E-state index is 12.3. The number of fused-ring (bicyclic) bond motifs is 1. The topological polar surface area (TPSA) is 33.5 Å². The first-order valence-corrected chi connectivity index (χ1v) is 9.47. The monoisotopic (exact) mass is 333 g/mol. The SMILES string of the molecule is CCN(CC)c1ccc2cc(C3SC=CCS3)c(=O)oc2c1. The summed E-state index contributed by atoms with van der Waals surface area (Å²) < 4.78 is 5.73. The molecule has 0 spiro atoms. The first-order chi connectivity index (χ1) is 10.7. The van der Waals surface area contributed by atoms with Crippen LogP contribution in [-0.2, 0) is 0 Å². The van der Waals surface area contributed by atoms with Crippen LogP contribution in [0.5, 0.6) is 0 Å². The molecule has 0 fully saturated rings. The van der Waals surface area contributed by atoms with E-state index in [2.05, 4.69) is 36.3 Å². The second-order valence-electron chi connectivity index (χ2n) is 5.06. The van der Waals surface area contributed by atoms with E-state index in [0.29, 0.717) is 5.58 Å². The normalized spacial score (nSPS) is 17.8. The Kier molecular flexibility index (Phi) is 4.84. The van der Waals surface area contributed by atoms with Crippen LogP contribution in [0.2, 0.25) is 0 Å². The van der Waals surface area contributed by atoms with E-state index in [1.165, 1.54) is 0 Å². The molecule has 3 nitrogen and oxygen atoms in total. The van der Waals surface area contributed by atoms with E-state index in [1.54, 1.807) is 23.5 Å². The Bertz CT molecular complexity index is 750. The summed E-state index contributed by atoms with van der Waals surface area (Å²) in [6.45, 7) is 6.12. The first-order valence-electron chi connectivity index (χ1n) is 7.47. The largest absolute Gasteiger partial charge is 0.422 e. The molecule has 0 radical (unpaired) electrons. The van der Waals surface area contributed by atoms with Gasteiger partial charge in [0, 0.05) is 36.0 Å². The Balaban J connectivity index is 2.02. The molecule has 1 unspecified atom stereocenters. The van der Waals surface area contributed by atoms with Crippen molar-refractivity contribution in [1.29, 1.82) is 0 Å². The van der Waals surface area contributed by atoms with Crippen molar-refractivity contribution in [1.82, 2.24) is 0 Å². The number of rotatable bonds is 4. The van der Waals surface area contributed by atoms with Crippen LogP contribution in [0.15, 0.2) is 45.0 Å². The quantitative estimate of drug-likeness (QED) is 0.762. The minimum atomic E-state index is -0.218. The average molecular weight is 333 g/mol. The van der Waals surface area contributed by atoms with Gasteiger partial charge in [-0.2, -0.15) is 0 Å². The first kappa shape index (κ1) is 15.6. The Morgan fingerprint density at radius 1 is 1.27 bits per heavy atom. The molecule has 2 heterocycles. The van der Waals surface area contributed by atoms with E-state index in [4.69, 9.17) is 4.42 Å². The van der Waals surface area contributed by atoms with Crippen LogP contribution in [0.25, 0.3) is 11.0 Å². The molecule has 0 N–H and O–H groups in total. The molecule has 2 aromatic rings. The van der Waals surface area contributed by atoms with Crippen molar-refractivity contribution in [3.63, 3.8) is 0 Å². The fourth-order valence-corrected chi connectivity index (χ4v) is 4.83. The molecule has 1 atom stereocenters. The van der Waals surface area contributed by atoms with Crippen LogP contribution in [0.4, 0.5) is 5.69 Å². The Hall–Kier alpha value is -1.33. The number of anilines is 1. The fourth-order valence-electron chi connectivity index (χ4n) is 2.58. The van der Waals surface area contributed by atoms with Crippen molar-refractivity contribution in [2.75, 3.05) is 23.7 Å². The van der Waals surface area contributed by atoms with Crippen LogP contribution >= 0.6 is 23.5 Å². The molecule has 0 saturated heterocycles. The van der Waals surface area contributed by atoms with Crippen LogP contribution < -0.4 is 10.5 Å². The van der Waals surface area contributed by atoms with Crippen LogP contribution in [0.3, 0.4) is 0 Å². The van der Waals surface area contributed by atoms with Crippen LogP contribution in [-0.4, -0.2) is 18.8 Å². The molecule has 0 saturated carbocycles. The molecule has 1 aliphatic heterocycles. The van der Waals surface area contributed by atoms with Gasteiger partial charge in [0.15, 0.2) is 0 Å². The number of hydrogen-bond donors (Lipinski definition) is 0. The molecule has 5 heteroatoms. The maximum Gasteiger partial charge on any atom is 0.341 e. The lowest BCUT2D eigenvalue weighted by molar-refractivity contribution is 0.554. The van der Waals surface area contributed by atoms with Gasteiger partial charge in [0.1, 0.15) is 5.58 Å². The Labute approximate surface area is 138 Å². The van der Waals surface area contributed by atoms with E-state index in [0.717, 1.165) is 35.5 Å². The zero-order valence-corrected chi connectivity index (χ0v) is 14.4. The Morgan fingerprint density at radius 3 is 2.77 bits per heavy atom. The predicted octanol–water partition coefficient (Wildman–Crippen LogP) is 4.63. The highest BCUT2D eigenvalue weighted by Crippen LogP contribution is 2.42. The maximum absolute atomic E-state index is 12.3. The zero-order valence-electron chi connectivity index (χ0n) is 12.7. The molecule has 1 aliphatic rings. The molecule has 0 bridgehead atoms. The van der Waals surface area contributed by atoms with Gasteiger partial charge in [-0.05, 0) is 37.5 Å². The summed E-state index contributed by atoms with van der Waals surface area (Å²) >= 11 is 3.43. The number of benzene rings is 1. The van der Waals surface area contributed by atoms with Gasteiger partial charge < -0.3 is 9.32 Å². The smallest absolute Gasteiger partial charge is 0.341 e. The molecule has 3 rings (SSSR count). The van der Waals surface area contributed by atoms with Crippen LogP contribution in [0, 0.1) is 0 Å². The van der Waals surface area contributed by atoms with Crippen molar-refractivity contribution >= 4 is 40.2 Å². The summed E-state index contributed by atoms with van der Waals surface area (Å²) in [4.78, 5) is 14.6. The second kappa shape index (κ2) is 6.84. The van der Waals surface area contributed by atoms with Gasteiger partial charge in [-0.1, -0.05) is 6.08 Å². The van der Waals surface area contributed by atoms with Gasteiger partial charge in [-0.25, -0.2) is 4.79 Å². The minimum Gasteiger partial charge on any atom is -0.422 e. The van der Waals surface area contributed by atoms with E-state index in [1.807, 2.05) is 18.2 Å². The predicted molar refractivity (Wildman–Crippen MR) is 98.0 cm³/mol. The van der Waals surface area contributed by atoms with Crippen molar-refractivity contribution in [2.24, 2.45) is 0 Å². The summed E-state index contributed by atoms with van der Waals surface area (Å²) in [7, 11) is 0. The third-order valence-corrected chi connectivity index (χ3v) is 6.31. The summed E-state index contributed by atoms with van der Waals surface area (Å²) in [6.07, 6.45) is 2.12. The lowest BCUT2D eigenvalue weighted by Crippen LogP contribution is -2.21. The number of hydrogen-bond acceptors (Lipinski definition) is 5. The molecule has 0 aliphatic carbocycles. The highest BCUT2D eigenvalue weighted by Gasteiger charge is 2.19. The van der Waals surface area contributed by atoms with Gasteiger partial charge in [-0.3, -0.25) is 0 Å². The zero-order chi connectivity index (χ0) is 15.5. The number of thioether (sulfide) groups is 2. The third-order valence-electron chi connectivity index (χ3n) is 3.77. The van der Waals surface area contributed by atoms with Gasteiger partial charge in [0.05, 0.1) is 10.1 Å². The third kappa shape index (κ3) is 3.06. The lowest BCUT2D eigenvalue weighted by atomic mass is 10.1. The molecule has 1 aromatic carbocycles. The van der Waals surface area contributed by atoms with Crippen LogP contribution in [0.1, 0.15) is 24.0 Å². The second-order valence-corrected chi connectivity index (χ2v) is 7.51. The highest BCUT2D eigenvalue weighted by atomic mass is 32.2. The van der Waals surface area contributed by atoms with Crippen molar-refractivity contribution in [3.8, 4) is 0 Å². The summed E-state index contributed by atoms with van der Waals surface area (Å²) in [5.74, 6) is 0.941.